The van der Waals surface area contributed by atoms with Gasteiger partial charge in [-0.05, 0) is 18.8 Å². The zero-order valence-corrected chi connectivity index (χ0v) is 10.8. The van der Waals surface area contributed by atoms with Crippen LogP contribution in [0.2, 0.25) is 0 Å². The van der Waals surface area contributed by atoms with Gasteiger partial charge in [-0.3, -0.25) is 0 Å². The quantitative estimate of drug-likeness (QED) is 0.751. The second-order valence-electron chi connectivity index (χ2n) is 5.23. The molecule has 1 aliphatic heterocycles. The molecule has 6 nitrogen and oxygen atoms in total. The maximum Gasteiger partial charge on any atom is 0.374 e. The Kier molecular flexibility index (Phi) is 3.33. The summed E-state index contributed by atoms with van der Waals surface area (Å²) >= 11 is 0. The average molecular weight is 262 g/mol. The molecule has 0 saturated heterocycles. The van der Waals surface area contributed by atoms with Crippen molar-refractivity contribution in [3.05, 3.63) is 17.1 Å². The fourth-order valence-electron chi connectivity index (χ4n) is 2.52. The number of rotatable bonds is 4. The van der Waals surface area contributed by atoms with Gasteiger partial charge in [0.15, 0.2) is 0 Å². The number of nitrogens with one attached hydrogen (secondary N) is 2. The number of anilines is 1. The molecule has 0 atom stereocenters. The first-order valence-electron chi connectivity index (χ1n) is 6.81. The summed E-state index contributed by atoms with van der Waals surface area (Å²) in [5.41, 5.74) is 1.89. The van der Waals surface area contributed by atoms with E-state index in [9.17, 15) is 4.79 Å². The number of carboxylic acid groups (broad SMARTS) is 1. The van der Waals surface area contributed by atoms with Gasteiger partial charge < -0.3 is 15.7 Å². The van der Waals surface area contributed by atoms with Crippen LogP contribution in [-0.2, 0) is 13.0 Å². The van der Waals surface area contributed by atoms with Crippen molar-refractivity contribution in [3.63, 3.8) is 0 Å². The van der Waals surface area contributed by atoms with Crippen LogP contribution in [0.3, 0.4) is 0 Å². The van der Waals surface area contributed by atoms with Crippen LogP contribution < -0.4 is 10.6 Å². The van der Waals surface area contributed by atoms with E-state index in [1.54, 1.807) is 0 Å². The molecule has 1 aromatic rings. The third kappa shape index (κ3) is 2.53. The van der Waals surface area contributed by atoms with E-state index >= 15 is 0 Å². The van der Waals surface area contributed by atoms with Gasteiger partial charge in [0.05, 0.1) is 5.69 Å². The van der Waals surface area contributed by atoms with Crippen molar-refractivity contribution in [3.8, 4) is 0 Å². The zero-order chi connectivity index (χ0) is 13.2. The van der Waals surface area contributed by atoms with Gasteiger partial charge in [0, 0.05) is 31.6 Å². The maximum absolute atomic E-state index is 11.1. The van der Waals surface area contributed by atoms with Crippen LogP contribution in [0.25, 0.3) is 0 Å². The highest BCUT2D eigenvalue weighted by atomic mass is 16.4. The molecule has 1 aliphatic carbocycles. The van der Waals surface area contributed by atoms with E-state index in [4.69, 9.17) is 5.11 Å². The maximum atomic E-state index is 11.1. The van der Waals surface area contributed by atoms with Gasteiger partial charge in [-0.15, -0.1) is 0 Å². The Hall–Kier alpha value is -1.69. The van der Waals surface area contributed by atoms with Crippen LogP contribution in [0.15, 0.2) is 0 Å². The number of carbonyl (C=O) groups is 1. The summed E-state index contributed by atoms with van der Waals surface area (Å²) in [7, 11) is 0. The minimum Gasteiger partial charge on any atom is -0.475 e. The molecule has 2 heterocycles. The first-order valence-corrected chi connectivity index (χ1v) is 6.81. The number of carboxylic acids is 1. The average Bonchev–Trinajstić information content (AvgIpc) is 2.36. The molecule has 3 rings (SSSR count). The van der Waals surface area contributed by atoms with Gasteiger partial charge in [-0.1, -0.05) is 6.42 Å². The molecule has 2 aliphatic rings. The molecule has 0 spiro atoms. The molecule has 1 fully saturated rings. The normalized spacial score (nSPS) is 18.5. The molecular formula is C13H18N4O2. The van der Waals surface area contributed by atoms with Gasteiger partial charge in [0.2, 0.25) is 5.82 Å². The molecule has 0 aromatic carbocycles. The van der Waals surface area contributed by atoms with Crippen molar-refractivity contribution in [2.75, 3.05) is 18.4 Å². The lowest BCUT2D eigenvalue weighted by Gasteiger charge is -2.27. The van der Waals surface area contributed by atoms with Gasteiger partial charge in [0.1, 0.15) is 5.82 Å². The third-order valence-corrected chi connectivity index (χ3v) is 3.91. The van der Waals surface area contributed by atoms with Crippen LogP contribution in [0, 0.1) is 5.92 Å². The van der Waals surface area contributed by atoms with E-state index in [1.807, 2.05) is 0 Å². The standard InChI is InChI=1S/C13H18N4O2/c18-13(19)12-16-10-4-5-14-7-9(10)11(17-12)15-6-8-2-1-3-8/h8,14H,1-7H2,(H,18,19)(H,15,16,17). The van der Waals surface area contributed by atoms with Crippen molar-refractivity contribution in [2.24, 2.45) is 5.92 Å². The van der Waals surface area contributed by atoms with Crippen LogP contribution in [0.4, 0.5) is 5.82 Å². The topological polar surface area (TPSA) is 87.1 Å². The molecule has 3 N–H and O–H groups in total. The molecule has 6 heteroatoms. The summed E-state index contributed by atoms with van der Waals surface area (Å²) in [6.07, 6.45) is 4.57. The van der Waals surface area contributed by atoms with E-state index in [0.29, 0.717) is 18.3 Å². The van der Waals surface area contributed by atoms with Crippen LogP contribution in [0.5, 0.6) is 0 Å². The summed E-state index contributed by atoms with van der Waals surface area (Å²) < 4.78 is 0. The monoisotopic (exact) mass is 262 g/mol. The first-order chi connectivity index (χ1) is 9.24. The third-order valence-electron chi connectivity index (χ3n) is 3.91. The number of fused-ring (bicyclic) bond motifs is 1. The smallest absolute Gasteiger partial charge is 0.374 e. The van der Waals surface area contributed by atoms with Crippen LogP contribution >= 0.6 is 0 Å². The van der Waals surface area contributed by atoms with Crippen molar-refractivity contribution in [1.82, 2.24) is 15.3 Å². The lowest BCUT2D eigenvalue weighted by Crippen LogP contribution is -2.29. The van der Waals surface area contributed by atoms with Gasteiger partial charge in [-0.25, -0.2) is 14.8 Å². The number of hydrogen-bond donors (Lipinski definition) is 3. The summed E-state index contributed by atoms with van der Waals surface area (Å²) in [6, 6.07) is 0. The Morgan fingerprint density at radius 3 is 2.95 bits per heavy atom. The second kappa shape index (κ2) is 5.13. The predicted octanol–water partition coefficient (Wildman–Crippen LogP) is 1.03. The minimum absolute atomic E-state index is 0.100. The number of hydrogen-bond acceptors (Lipinski definition) is 5. The molecule has 0 unspecified atom stereocenters. The SMILES string of the molecule is O=C(O)c1nc2c(c(NCC3CCC3)n1)CNCC2. The predicted molar refractivity (Wildman–Crippen MR) is 70.2 cm³/mol. The highest BCUT2D eigenvalue weighted by Crippen LogP contribution is 2.27. The van der Waals surface area contributed by atoms with E-state index in [-0.39, 0.29) is 5.82 Å². The molecule has 102 valence electrons. The molecule has 0 radical (unpaired) electrons. The lowest BCUT2D eigenvalue weighted by molar-refractivity contribution is 0.0683. The van der Waals surface area contributed by atoms with Crippen LogP contribution in [-0.4, -0.2) is 34.1 Å². The van der Waals surface area contributed by atoms with E-state index in [1.165, 1.54) is 19.3 Å². The summed E-state index contributed by atoms with van der Waals surface area (Å²) in [4.78, 5) is 19.4. The molecule has 1 aromatic heterocycles. The number of aromatic carboxylic acids is 1. The summed E-state index contributed by atoms with van der Waals surface area (Å²) in [5.74, 6) is 0.238. The second-order valence-corrected chi connectivity index (χ2v) is 5.23. The Labute approximate surface area is 111 Å². The number of nitrogens with zero attached hydrogens (tertiary/aromatic N) is 2. The fourth-order valence-corrected chi connectivity index (χ4v) is 2.52. The summed E-state index contributed by atoms with van der Waals surface area (Å²) in [6.45, 7) is 2.43. The Morgan fingerprint density at radius 2 is 2.26 bits per heavy atom. The number of aromatic nitrogens is 2. The van der Waals surface area contributed by atoms with E-state index in [2.05, 4.69) is 20.6 Å². The van der Waals surface area contributed by atoms with Crippen molar-refractivity contribution in [2.45, 2.75) is 32.2 Å². The van der Waals surface area contributed by atoms with E-state index < -0.39 is 5.97 Å². The minimum atomic E-state index is -1.06. The molecular weight excluding hydrogens is 244 g/mol. The molecule has 0 amide bonds. The van der Waals surface area contributed by atoms with E-state index in [0.717, 1.165) is 30.8 Å². The largest absolute Gasteiger partial charge is 0.475 e. The zero-order valence-electron chi connectivity index (χ0n) is 10.8. The Bertz CT molecular complexity index is 500. The summed E-state index contributed by atoms with van der Waals surface area (Å²) in [5, 5.41) is 15.7. The van der Waals surface area contributed by atoms with Gasteiger partial charge >= 0.3 is 5.97 Å². The van der Waals surface area contributed by atoms with Crippen molar-refractivity contribution in [1.29, 1.82) is 0 Å². The van der Waals surface area contributed by atoms with Crippen molar-refractivity contribution >= 4 is 11.8 Å². The fraction of sp³-hybridized carbons (Fsp3) is 0.615. The molecule has 1 saturated carbocycles. The Morgan fingerprint density at radius 1 is 1.42 bits per heavy atom. The highest BCUT2D eigenvalue weighted by Gasteiger charge is 2.22. The first kappa shape index (κ1) is 12.3. The molecule has 19 heavy (non-hydrogen) atoms. The van der Waals surface area contributed by atoms with Gasteiger partial charge in [0.25, 0.3) is 0 Å². The lowest BCUT2D eigenvalue weighted by atomic mass is 9.85. The van der Waals surface area contributed by atoms with Crippen LogP contribution in [0.1, 0.15) is 41.1 Å². The molecule has 0 bridgehead atoms. The van der Waals surface area contributed by atoms with Gasteiger partial charge in [-0.2, -0.15) is 0 Å². The highest BCUT2D eigenvalue weighted by molar-refractivity contribution is 5.83. The van der Waals surface area contributed by atoms with Crippen molar-refractivity contribution < 1.29 is 9.90 Å². The Balaban J connectivity index is 1.85.